The minimum absolute atomic E-state index is 0.0586. The molecule has 1 aromatic heterocycles. The third-order valence-electron chi connectivity index (χ3n) is 4.60. The second-order valence-corrected chi connectivity index (χ2v) is 8.25. The molecule has 0 aliphatic heterocycles. The van der Waals surface area contributed by atoms with Gasteiger partial charge in [0.25, 0.3) is 0 Å². The molecule has 0 unspecified atom stereocenters. The second kappa shape index (κ2) is 10.9. The van der Waals surface area contributed by atoms with Gasteiger partial charge in [0.1, 0.15) is 12.1 Å². The summed E-state index contributed by atoms with van der Waals surface area (Å²) >= 11 is 0. The minimum atomic E-state index is -0.506. The Morgan fingerprint density at radius 1 is 1.13 bits per heavy atom. The van der Waals surface area contributed by atoms with E-state index in [4.69, 9.17) is 14.2 Å². The Kier molecular flexibility index (Phi) is 8.56. The van der Waals surface area contributed by atoms with Crippen molar-refractivity contribution in [1.82, 2.24) is 10.3 Å². The first kappa shape index (κ1) is 23.6. The number of esters is 1. The fourth-order valence-corrected chi connectivity index (χ4v) is 3.24. The summed E-state index contributed by atoms with van der Waals surface area (Å²) in [6, 6.07) is 3.85. The van der Waals surface area contributed by atoms with Gasteiger partial charge in [0.05, 0.1) is 19.4 Å². The predicted octanol–water partition coefficient (Wildman–Crippen LogP) is 3.31. The number of nitrogens with one attached hydrogen (secondary N) is 3. The van der Waals surface area contributed by atoms with Gasteiger partial charge >= 0.3 is 12.1 Å². The van der Waals surface area contributed by atoms with Gasteiger partial charge in [0.15, 0.2) is 5.82 Å². The molecule has 0 bridgehead atoms. The van der Waals surface area contributed by atoms with E-state index < -0.39 is 5.60 Å². The van der Waals surface area contributed by atoms with Crippen LogP contribution < -0.4 is 20.7 Å². The summed E-state index contributed by atoms with van der Waals surface area (Å²) in [5.41, 5.74) is 0.200. The van der Waals surface area contributed by atoms with E-state index in [1.807, 2.05) is 26.8 Å². The van der Waals surface area contributed by atoms with Crippen LogP contribution in [0.1, 0.15) is 53.4 Å². The quantitative estimate of drug-likeness (QED) is 0.547. The molecule has 30 heavy (non-hydrogen) atoms. The van der Waals surface area contributed by atoms with Crippen molar-refractivity contribution < 1.29 is 23.8 Å². The Morgan fingerprint density at radius 3 is 2.40 bits per heavy atom. The topological polar surface area (TPSA) is 111 Å². The number of methoxy groups -OCH3 is 1. The summed E-state index contributed by atoms with van der Waals surface area (Å²) in [6.45, 7) is 7.72. The Labute approximate surface area is 178 Å². The lowest BCUT2D eigenvalue weighted by molar-refractivity contribution is -0.140. The normalized spacial score (nSPS) is 18.8. The Morgan fingerprint density at radius 2 is 1.80 bits per heavy atom. The Bertz CT molecular complexity index is 712. The Balaban J connectivity index is 1.91. The van der Waals surface area contributed by atoms with Crippen molar-refractivity contribution in [3.63, 3.8) is 0 Å². The van der Waals surface area contributed by atoms with E-state index in [9.17, 15) is 9.59 Å². The van der Waals surface area contributed by atoms with Crippen molar-refractivity contribution in [2.24, 2.45) is 0 Å². The van der Waals surface area contributed by atoms with Gasteiger partial charge in [-0.15, -0.1) is 0 Å². The second-order valence-electron chi connectivity index (χ2n) is 8.25. The number of hydrogen-bond acceptors (Lipinski definition) is 8. The standard InChI is InChI=1S/C21H34N4O5/c1-6-29-18(26)13-22-16-11-12-17(28-5)25-19(16)23-14-7-9-15(10-8-14)24-20(27)30-21(2,3)4/h11-12,14-15,22H,6-10,13H2,1-5H3,(H,23,25)(H,24,27). The fraction of sp³-hybridized carbons (Fsp3) is 0.667. The van der Waals surface area contributed by atoms with Gasteiger partial charge in [0, 0.05) is 18.2 Å². The minimum Gasteiger partial charge on any atom is -0.481 e. The lowest BCUT2D eigenvalue weighted by atomic mass is 9.91. The number of carbonyl (C=O) groups is 2. The first-order chi connectivity index (χ1) is 14.2. The molecule has 9 nitrogen and oxygen atoms in total. The van der Waals surface area contributed by atoms with Gasteiger partial charge in [-0.3, -0.25) is 4.79 Å². The van der Waals surface area contributed by atoms with E-state index in [2.05, 4.69) is 20.9 Å². The average Bonchev–Trinajstić information content (AvgIpc) is 2.67. The number of aromatic nitrogens is 1. The average molecular weight is 423 g/mol. The van der Waals surface area contributed by atoms with Crippen molar-refractivity contribution in [2.45, 2.75) is 71.1 Å². The number of hydrogen-bond donors (Lipinski definition) is 3. The van der Waals surface area contributed by atoms with Crippen LogP contribution in [0.2, 0.25) is 0 Å². The van der Waals surface area contributed by atoms with Crippen molar-refractivity contribution >= 4 is 23.6 Å². The summed E-state index contributed by atoms with van der Waals surface area (Å²) in [4.78, 5) is 28.1. The molecular formula is C21H34N4O5. The molecule has 1 saturated carbocycles. The summed E-state index contributed by atoms with van der Waals surface area (Å²) in [7, 11) is 1.56. The molecule has 0 radical (unpaired) electrons. The molecule has 0 saturated heterocycles. The fourth-order valence-electron chi connectivity index (χ4n) is 3.24. The molecule has 9 heteroatoms. The number of nitrogens with zero attached hydrogens (tertiary/aromatic N) is 1. The first-order valence-corrected chi connectivity index (χ1v) is 10.4. The van der Waals surface area contributed by atoms with Gasteiger partial charge in [-0.25, -0.2) is 4.79 Å². The summed E-state index contributed by atoms with van der Waals surface area (Å²) in [5, 5.41) is 9.45. The van der Waals surface area contributed by atoms with Crippen LogP contribution in [0.5, 0.6) is 5.88 Å². The maximum atomic E-state index is 12.0. The first-order valence-electron chi connectivity index (χ1n) is 10.4. The van der Waals surface area contributed by atoms with Gasteiger partial charge < -0.3 is 30.2 Å². The lowest BCUT2D eigenvalue weighted by Gasteiger charge is -2.31. The van der Waals surface area contributed by atoms with Crippen LogP contribution in [0.15, 0.2) is 12.1 Å². The molecule has 0 aromatic carbocycles. The van der Waals surface area contributed by atoms with Gasteiger partial charge in [-0.2, -0.15) is 4.98 Å². The zero-order valence-electron chi connectivity index (χ0n) is 18.5. The van der Waals surface area contributed by atoms with E-state index in [0.29, 0.717) is 24.0 Å². The van der Waals surface area contributed by atoms with Crippen LogP contribution in [-0.2, 0) is 14.3 Å². The van der Waals surface area contributed by atoms with Crippen molar-refractivity contribution in [2.75, 3.05) is 30.9 Å². The van der Waals surface area contributed by atoms with Crippen LogP contribution in [0.4, 0.5) is 16.3 Å². The molecule has 168 valence electrons. The molecule has 1 aliphatic carbocycles. The van der Waals surface area contributed by atoms with Gasteiger partial charge in [-0.05, 0) is 59.4 Å². The largest absolute Gasteiger partial charge is 0.481 e. The molecule has 1 aliphatic rings. The van der Waals surface area contributed by atoms with E-state index >= 15 is 0 Å². The molecule has 2 rings (SSSR count). The molecule has 1 amide bonds. The van der Waals surface area contributed by atoms with Gasteiger partial charge in [-0.1, -0.05) is 0 Å². The highest BCUT2D eigenvalue weighted by Crippen LogP contribution is 2.27. The molecule has 1 heterocycles. The molecule has 0 atom stereocenters. The van der Waals surface area contributed by atoms with E-state index in [0.717, 1.165) is 25.7 Å². The summed E-state index contributed by atoms with van der Waals surface area (Å²) < 4.78 is 15.5. The maximum Gasteiger partial charge on any atom is 0.407 e. The van der Waals surface area contributed by atoms with Crippen LogP contribution in [0.25, 0.3) is 0 Å². The van der Waals surface area contributed by atoms with E-state index in [1.54, 1.807) is 20.1 Å². The monoisotopic (exact) mass is 422 g/mol. The third-order valence-corrected chi connectivity index (χ3v) is 4.60. The van der Waals surface area contributed by atoms with Crippen molar-refractivity contribution in [3.8, 4) is 5.88 Å². The maximum absolute atomic E-state index is 12.0. The van der Waals surface area contributed by atoms with Crippen LogP contribution >= 0.6 is 0 Å². The number of amides is 1. The zero-order valence-corrected chi connectivity index (χ0v) is 18.5. The zero-order chi connectivity index (χ0) is 22.1. The number of ether oxygens (including phenoxy) is 3. The van der Waals surface area contributed by atoms with Crippen LogP contribution in [-0.4, -0.2) is 55.0 Å². The number of pyridine rings is 1. The van der Waals surface area contributed by atoms with Crippen molar-refractivity contribution in [1.29, 1.82) is 0 Å². The Hall–Kier alpha value is -2.71. The molecular weight excluding hydrogens is 388 g/mol. The summed E-state index contributed by atoms with van der Waals surface area (Å²) in [6.07, 6.45) is 3.05. The number of alkyl carbamates (subject to hydrolysis) is 1. The predicted molar refractivity (Wildman–Crippen MR) is 115 cm³/mol. The lowest BCUT2D eigenvalue weighted by Crippen LogP contribution is -2.42. The number of carbonyl (C=O) groups excluding carboxylic acids is 2. The number of rotatable bonds is 8. The molecule has 3 N–H and O–H groups in total. The summed E-state index contributed by atoms with van der Waals surface area (Å²) in [5.74, 6) is 0.787. The van der Waals surface area contributed by atoms with Crippen molar-refractivity contribution in [3.05, 3.63) is 12.1 Å². The molecule has 1 aromatic rings. The van der Waals surface area contributed by atoms with E-state index in [1.165, 1.54) is 0 Å². The number of anilines is 2. The highest BCUT2D eigenvalue weighted by molar-refractivity contribution is 5.77. The highest BCUT2D eigenvalue weighted by Gasteiger charge is 2.25. The SMILES string of the molecule is CCOC(=O)CNc1ccc(OC)nc1NC1CCC(NC(=O)OC(C)(C)C)CC1. The van der Waals surface area contributed by atoms with Crippen LogP contribution in [0, 0.1) is 0 Å². The van der Waals surface area contributed by atoms with E-state index in [-0.39, 0.29) is 30.7 Å². The van der Waals surface area contributed by atoms with Crippen LogP contribution in [0.3, 0.4) is 0 Å². The smallest absolute Gasteiger partial charge is 0.407 e. The highest BCUT2D eigenvalue weighted by atomic mass is 16.6. The third kappa shape index (κ3) is 7.96. The molecule has 1 fully saturated rings. The van der Waals surface area contributed by atoms with Gasteiger partial charge in [0.2, 0.25) is 5.88 Å². The molecule has 0 spiro atoms.